The summed E-state index contributed by atoms with van der Waals surface area (Å²) < 4.78 is 54.5. The highest BCUT2D eigenvalue weighted by atomic mass is 19.4. The standard InChI is InChI=1S/C34H35F3N4O4/c1-2-40-11-13-41(14-12-40)19-21-4-3-20(16-27(21)34(35,36)37)15-22(42)17-26-31-25-18-23(5-7-28(25)45-32(26)31)44-29-9-10-38-33-24(29)6-8-30(43)39-33/h3-5,7,9-10,16,18,26,31-32H,2,6,8,11-15,17,19H2,1H3,(H,38,39,43)/t26-,31?,32-/m1/s1. The van der Waals surface area contributed by atoms with Crippen LogP contribution in [0.25, 0.3) is 0 Å². The van der Waals surface area contributed by atoms with E-state index in [4.69, 9.17) is 9.47 Å². The zero-order chi connectivity index (χ0) is 31.3. The van der Waals surface area contributed by atoms with Crippen LogP contribution in [0.1, 0.15) is 53.5 Å². The first-order valence-electron chi connectivity index (χ1n) is 15.6. The molecule has 45 heavy (non-hydrogen) atoms. The molecule has 1 saturated carbocycles. The van der Waals surface area contributed by atoms with Crippen molar-refractivity contribution in [2.45, 2.75) is 57.3 Å². The number of nitrogens with zero attached hydrogens (tertiary/aromatic N) is 3. The van der Waals surface area contributed by atoms with Crippen molar-refractivity contribution in [1.82, 2.24) is 14.8 Å². The number of likely N-dealkylation sites (N-methyl/N-ethyl adjacent to an activating group) is 1. The van der Waals surface area contributed by atoms with E-state index in [1.54, 1.807) is 18.3 Å². The minimum absolute atomic E-state index is 0.0210. The fraction of sp³-hybridized carbons (Fsp3) is 0.441. The molecule has 0 bridgehead atoms. The van der Waals surface area contributed by atoms with E-state index in [9.17, 15) is 22.8 Å². The Hall–Kier alpha value is -3.96. The number of rotatable bonds is 9. The number of hydrogen-bond donors (Lipinski definition) is 1. The van der Waals surface area contributed by atoms with E-state index in [0.717, 1.165) is 55.7 Å². The highest BCUT2D eigenvalue weighted by Crippen LogP contribution is 2.60. The highest BCUT2D eigenvalue weighted by molar-refractivity contribution is 5.93. The van der Waals surface area contributed by atoms with Crippen LogP contribution in [0.2, 0.25) is 0 Å². The van der Waals surface area contributed by atoms with Crippen molar-refractivity contribution < 1.29 is 32.2 Å². The summed E-state index contributed by atoms with van der Waals surface area (Å²) >= 11 is 0. The number of anilines is 1. The zero-order valence-corrected chi connectivity index (χ0v) is 25.0. The molecule has 2 fully saturated rings. The minimum atomic E-state index is -4.49. The number of pyridine rings is 1. The van der Waals surface area contributed by atoms with Gasteiger partial charge in [0.2, 0.25) is 5.91 Å². The number of benzene rings is 2. The minimum Gasteiger partial charge on any atom is -0.489 e. The van der Waals surface area contributed by atoms with Crippen LogP contribution in [-0.4, -0.2) is 65.3 Å². The average Bonchev–Trinajstić information content (AvgIpc) is 3.53. The van der Waals surface area contributed by atoms with Gasteiger partial charge >= 0.3 is 6.18 Å². The van der Waals surface area contributed by atoms with E-state index < -0.39 is 11.7 Å². The quantitative estimate of drug-likeness (QED) is 0.334. The van der Waals surface area contributed by atoms with Gasteiger partial charge < -0.3 is 19.7 Å². The fourth-order valence-electron chi connectivity index (χ4n) is 6.94. The number of Topliss-reactive ketones (excluding diaryl/α,β-unsaturated/α-hetero) is 1. The van der Waals surface area contributed by atoms with Gasteiger partial charge in [0.15, 0.2) is 0 Å². The first-order chi connectivity index (χ1) is 21.7. The molecule has 1 saturated heterocycles. The molecule has 1 unspecified atom stereocenters. The number of carbonyl (C=O) groups is 2. The normalized spacial score (nSPS) is 22.6. The third-order valence-electron chi connectivity index (χ3n) is 9.45. The maximum Gasteiger partial charge on any atom is 0.416 e. The van der Waals surface area contributed by atoms with Crippen LogP contribution in [0.15, 0.2) is 48.7 Å². The van der Waals surface area contributed by atoms with E-state index >= 15 is 0 Å². The van der Waals surface area contributed by atoms with Gasteiger partial charge in [-0.15, -0.1) is 0 Å². The number of halogens is 3. The van der Waals surface area contributed by atoms with E-state index in [1.807, 2.05) is 18.2 Å². The lowest BCUT2D eigenvalue weighted by atomic mass is 9.97. The van der Waals surface area contributed by atoms with Gasteiger partial charge in [0, 0.05) is 81.1 Å². The Morgan fingerprint density at radius 2 is 1.87 bits per heavy atom. The molecule has 236 valence electrons. The monoisotopic (exact) mass is 620 g/mol. The van der Waals surface area contributed by atoms with Crippen LogP contribution < -0.4 is 14.8 Å². The van der Waals surface area contributed by atoms with Gasteiger partial charge in [-0.25, -0.2) is 4.98 Å². The SMILES string of the molecule is CCN1CCN(Cc2ccc(CC(=O)C[C@@H]3C4c5cc(Oc6ccnc7c6CCC(=O)N7)ccc5O[C@@H]43)cc2C(F)(F)F)CC1. The van der Waals surface area contributed by atoms with Gasteiger partial charge in [-0.3, -0.25) is 14.5 Å². The van der Waals surface area contributed by atoms with Gasteiger partial charge in [-0.05, 0) is 54.4 Å². The summed E-state index contributed by atoms with van der Waals surface area (Å²) in [5.74, 6) is 2.36. The number of ketones is 1. The summed E-state index contributed by atoms with van der Waals surface area (Å²) in [6.45, 7) is 6.45. The molecule has 0 spiro atoms. The Balaban J connectivity index is 0.989. The second-order valence-corrected chi connectivity index (χ2v) is 12.4. The maximum absolute atomic E-state index is 14.1. The first-order valence-corrected chi connectivity index (χ1v) is 15.6. The lowest BCUT2D eigenvalue weighted by molar-refractivity contribution is -0.138. The molecule has 11 heteroatoms. The first kappa shape index (κ1) is 29.7. The number of fused-ring (bicyclic) bond motifs is 4. The van der Waals surface area contributed by atoms with Crippen LogP contribution in [0.5, 0.6) is 17.2 Å². The molecular weight excluding hydrogens is 585 g/mol. The molecule has 4 heterocycles. The van der Waals surface area contributed by atoms with Gasteiger partial charge in [0.1, 0.15) is 35.0 Å². The summed E-state index contributed by atoms with van der Waals surface area (Å²) in [6.07, 6.45) is -1.93. The predicted octanol–water partition coefficient (Wildman–Crippen LogP) is 5.59. The molecule has 1 amide bonds. The number of hydrogen-bond acceptors (Lipinski definition) is 7. The van der Waals surface area contributed by atoms with Crippen molar-refractivity contribution in [1.29, 1.82) is 0 Å². The molecule has 2 aromatic carbocycles. The van der Waals surface area contributed by atoms with E-state index in [-0.39, 0.29) is 54.6 Å². The molecule has 3 aliphatic heterocycles. The van der Waals surface area contributed by atoms with E-state index in [1.165, 1.54) is 6.07 Å². The van der Waals surface area contributed by atoms with Gasteiger partial charge in [-0.1, -0.05) is 19.1 Å². The lowest BCUT2D eigenvalue weighted by Gasteiger charge is -2.34. The van der Waals surface area contributed by atoms with Gasteiger partial charge in [0.05, 0.1) is 5.56 Å². The summed E-state index contributed by atoms with van der Waals surface area (Å²) in [7, 11) is 0. The molecule has 1 N–H and O–H groups in total. The van der Waals surface area contributed by atoms with Crippen LogP contribution in [-0.2, 0) is 35.2 Å². The summed E-state index contributed by atoms with van der Waals surface area (Å²) in [5, 5.41) is 2.77. The molecule has 4 aliphatic rings. The van der Waals surface area contributed by atoms with E-state index in [0.29, 0.717) is 35.7 Å². The van der Waals surface area contributed by atoms with E-state index in [2.05, 4.69) is 27.0 Å². The molecule has 1 aliphatic carbocycles. The number of amides is 1. The zero-order valence-electron chi connectivity index (χ0n) is 25.0. The maximum atomic E-state index is 14.1. The Bertz CT molecular complexity index is 1640. The van der Waals surface area contributed by atoms with Crippen molar-refractivity contribution in [2.75, 3.05) is 38.0 Å². The number of ether oxygens (including phenoxy) is 2. The molecule has 3 aromatic rings. The number of nitrogens with one attached hydrogen (secondary N) is 1. The van der Waals surface area contributed by atoms with Crippen molar-refractivity contribution in [3.8, 4) is 17.2 Å². The molecule has 3 atom stereocenters. The Labute approximate surface area is 259 Å². The van der Waals surface area contributed by atoms with Crippen molar-refractivity contribution in [2.24, 2.45) is 5.92 Å². The fourth-order valence-corrected chi connectivity index (χ4v) is 6.94. The van der Waals surface area contributed by atoms with Crippen LogP contribution >= 0.6 is 0 Å². The Kier molecular flexibility index (Phi) is 7.77. The number of alkyl halides is 3. The van der Waals surface area contributed by atoms with Gasteiger partial charge in [-0.2, -0.15) is 13.2 Å². The molecule has 0 radical (unpaired) electrons. The van der Waals surface area contributed by atoms with Crippen LogP contribution in [0, 0.1) is 5.92 Å². The number of aromatic nitrogens is 1. The summed E-state index contributed by atoms with van der Waals surface area (Å²) in [4.78, 5) is 33.4. The average molecular weight is 621 g/mol. The smallest absolute Gasteiger partial charge is 0.416 e. The Morgan fingerprint density at radius 3 is 2.64 bits per heavy atom. The van der Waals surface area contributed by atoms with Crippen LogP contribution in [0.4, 0.5) is 19.0 Å². The number of carbonyl (C=O) groups excluding carboxylic acids is 2. The molecule has 1 aromatic heterocycles. The predicted molar refractivity (Wildman–Crippen MR) is 161 cm³/mol. The number of piperazine rings is 1. The molecular formula is C34H35F3N4O4. The lowest BCUT2D eigenvalue weighted by Crippen LogP contribution is -2.45. The second kappa shape index (κ2) is 11.8. The van der Waals surface area contributed by atoms with Crippen molar-refractivity contribution in [3.05, 3.63) is 76.5 Å². The van der Waals surface area contributed by atoms with Gasteiger partial charge in [0.25, 0.3) is 0 Å². The summed E-state index contributed by atoms with van der Waals surface area (Å²) in [6, 6.07) is 11.7. The van der Waals surface area contributed by atoms with Crippen molar-refractivity contribution in [3.63, 3.8) is 0 Å². The molecule has 7 rings (SSSR count). The van der Waals surface area contributed by atoms with Crippen LogP contribution in [0.3, 0.4) is 0 Å². The molecule has 8 nitrogen and oxygen atoms in total. The topological polar surface area (TPSA) is 84.0 Å². The third-order valence-corrected chi connectivity index (χ3v) is 9.45. The largest absolute Gasteiger partial charge is 0.489 e. The third kappa shape index (κ3) is 6.15. The van der Waals surface area contributed by atoms with Crippen molar-refractivity contribution >= 4 is 17.5 Å². The second-order valence-electron chi connectivity index (χ2n) is 12.4. The Morgan fingerprint density at radius 1 is 1.07 bits per heavy atom. The highest BCUT2D eigenvalue weighted by Gasteiger charge is 2.59. The summed E-state index contributed by atoms with van der Waals surface area (Å²) in [5.41, 5.74) is 1.79.